The monoisotopic (exact) mass is 540 g/mol. The largest absolute Gasteiger partial charge is 0.507 e. The number of hydrogen-bond donors (Lipinski definition) is 2. The molecule has 2 heterocycles. The summed E-state index contributed by atoms with van der Waals surface area (Å²) < 4.78 is 6.26. The first kappa shape index (κ1) is 24.1. The number of carbonyl (C=O) groups excluding carboxylic acids is 2. The van der Waals surface area contributed by atoms with E-state index in [-0.39, 0.29) is 28.0 Å². The number of ketones is 1. The number of aromatic nitrogens is 1. The molecule has 0 saturated carbocycles. The number of amides is 1. The zero-order valence-electron chi connectivity index (χ0n) is 18.7. The highest BCUT2D eigenvalue weighted by atomic mass is 35.5. The van der Waals surface area contributed by atoms with Gasteiger partial charge >= 0.3 is 5.91 Å². The van der Waals surface area contributed by atoms with E-state index >= 15 is 0 Å². The van der Waals surface area contributed by atoms with E-state index in [1.54, 1.807) is 61.5 Å². The van der Waals surface area contributed by atoms with Gasteiger partial charge in [-0.1, -0.05) is 40.6 Å². The van der Waals surface area contributed by atoms with Crippen LogP contribution in [-0.4, -0.2) is 33.5 Å². The maximum absolute atomic E-state index is 13.4. The smallest absolute Gasteiger partial charge is 0.301 e. The van der Waals surface area contributed by atoms with Crippen LogP contribution in [0.25, 0.3) is 16.0 Å². The van der Waals surface area contributed by atoms with Gasteiger partial charge in [0.1, 0.15) is 5.76 Å². The third-order valence-corrected chi connectivity index (χ3v) is 7.21. The average molecular weight is 541 g/mol. The van der Waals surface area contributed by atoms with Crippen molar-refractivity contribution in [3.05, 3.63) is 87.4 Å². The lowest BCUT2D eigenvalue weighted by molar-refractivity contribution is -0.132. The second-order valence-electron chi connectivity index (χ2n) is 7.94. The molecule has 0 aliphatic carbocycles. The quantitative estimate of drug-likeness (QED) is 0.174. The van der Waals surface area contributed by atoms with E-state index in [9.17, 15) is 19.8 Å². The number of hydrogen-bond acceptors (Lipinski definition) is 7. The number of aromatic hydroxyl groups is 1. The number of Topliss-reactive ketones (excluding diaryl/α,β-unsaturated/α-hetero) is 1. The van der Waals surface area contributed by atoms with Crippen LogP contribution >= 0.6 is 34.5 Å². The van der Waals surface area contributed by atoms with Crippen LogP contribution < -0.4 is 9.64 Å². The van der Waals surface area contributed by atoms with Crippen molar-refractivity contribution < 1.29 is 24.5 Å². The maximum atomic E-state index is 13.4. The number of nitrogens with zero attached hydrogens (tertiary/aromatic N) is 2. The predicted molar refractivity (Wildman–Crippen MR) is 140 cm³/mol. The molecular weight excluding hydrogens is 523 g/mol. The number of halogens is 2. The number of thiazole rings is 1. The zero-order valence-corrected chi connectivity index (χ0v) is 21.1. The number of anilines is 1. The van der Waals surface area contributed by atoms with Gasteiger partial charge in [-0.3, -0.25) is 14.5 Å². The van der Waals surface area contributed by atoms with Crippen molar-refractivity contribution in [1.82, 2.24) is 4.98 Å². The number of phenolic OH excluding ortho intramolecular Hbond substituents is 1. The van der Waals surface area contributed by atoms with Crippen LogP contribution in [0.1, 0.15) is 24.1 Å². The molecule has 1 saturated heterocycles. The van der Waals surface area contributed by atoms with Crippen LogP contribution in [0.4, 0.5) is 5.13 Å². The lowest BCUT2D eigenvalue weighted by atomic mass is 9.95. The summed E-state index contributed by atoms with van der Waals surface area (Å²) in [6.07, 6.45) is 0. The van der Waals surface area contributed by atoms with E-state index in [0.717, 1.165) is 4.70 Å². The van der Waals surface area contributed by atoms with E-state index < -0.39 is 17.7 Å². The Morgan fingerprint density at radius 3 is 2.50 bits per heavy atom. The van der Waals surface area contributed by atoms with Crippen molar-refractivity contribution >= 4 is 67.3 Å². The molecule has 36 heavy (non-hydrogen) atoms. The van der Waals surface area contributed by atoms with Crippen molar-refractivity contribution in [3.63, 3.8) is 0 Å². The molecule has 1 aliphatic rings. The average Bonchev–Trinajstić information content (AvgIpc) is 3.38. The number of ether oxygens (including phenoxy) is 1. The standard InChI is InChI=1S/C26H18Cl2N2O5S/c1-2-35-19-11-14(5-10-18(19)31)22-21(23(32)13-3-6-15(27)7-4-13)24(33)25(34)30(22)26-29-17-9-8-16(28)12-20(17)36-26/h3-12,22,31-32H,2H2,1H3/b23-21+. The van der Waals surface area contributed by atoms with Gasteiger partial charge in [-0.25, -0.2) is 4.98 Å². The molecule has 1 aliphatic heterocycles. The molecule has 10 heteroatoms. The topological polar surface area (TPSA) is 100.0 Å². The Hall–Kier alpha value is -3.59. The summed E-state index contributed by atoms with van der Waals surface area (Å²) in [6, 6.07) is 14.9. The van der Waals surface area contributed by atoms with Crippen LogP contribution in [0, 0.1) is 0 Å². The first-order valence-electron chi connectivity index (χ1n) is 10.9. The van der Waals surface area contributed by atoms with Crippen molar-refractivity contribution in [2.75, 3.05) is 11.5 Å². The van der Waals surface area contributed by atoms with Gasteiger partial charge in [-0.05, 0) is 67.1 Å². The third kappa shape index (κ3) is 4.17. The number of aliphatic hydroxyl groups is 1. The van der Waals surface area contributed by atoms with Crippen molar-refractivity contribution in [2.45, 2.75) is 13.0 Å². The second-order valence-corrected chi connectivity index (χ2v) is 9.83. The highest BCUT2D eigenvalue weighted by Crippen LogP contribution is 2.46. The molecular formula is C26H18Cl2N2O5S. The molecule has 3 aromatic carbocycles. The first-order chi connectivity index (χ1) is 17.3. The lowest BCUT2D eigenvalue weighted by Gasteiger charge is -2.23. The highest BCUT2D eigenvalue weighted by molar-refractivity contribution is 7.22. The van der Waals surface area contributed by atoms with Crippen molar-refractivity contribution in [2.24, 2.45) is 0 Å². The van der Waals surface area contributed by atoms with Crippen molar-refractivity contribution in [1.29, 1.82) is 0 Å². The van der Waals surface area contributed by atoms with E-state index in [4.69, 9.17) is 27.9 Å². The molecule has 1 fully saturated rings. The summed E-state index contributed by atoms with van der Waals surface area (Å²) in [5.41, 5.74) is 1.26. The molecule has 5 rings (SSSR count). The van der Waals surface area contributed by atoms with E-state index in [1.807, 2.05) is 0 Å². The zero-order chi connectivity index (χ0) is 25.6. The molecule has 182 valence electrons. The predicted octanol–water partition coefficient (Wildman–Crippen LogP) is 6.33. The Bertz CT molecular complexity index is 1550. The molecule has 7 nitrogen and oxygen atoms in total. The van der Waals surface area contributed by atoms with Crippen LogP contribution in [-0.2, 0) is 9.59 Å². The number of aliphatic hydroxyl groups excluding tert-OH is 1. The third-order valence-electron chi connectivity index (χ3n) is 5.71. The molecule has 1 atom stereocenters. The lowest BCUT2D eigenvalue weighted by Crippen LogP contribution is -2.29. The van der Waals surface area contributed by atoms with Crippen LogP contribution in [0.2, 0.25) is 10.0 Å². The Kier molecular flexibility index (Phi) is 6.34. The molecule has 0 spiro atoms. The summed E-state index contributed by atoms with van der Waals surface area (Å²) in [5.74, 6) is -1.97. The molecule has 1 unspecified atom stereocenters. The van der Waals surface area contributed by atoms with Crippen molar-refractivity contribution in [3.8, 4) is 11.5 Å². The Balaban J connectivity index is 1.74. The van der Waals surface area contributed by atoms with E-state index in [2.05, 4.69) is 4.98 Å². The minimum absolute atomic E-state index is 0.0927. The Morgan fingerprint density at radius 1 is 1.06 bits per heavy atom. The summed E-state index contributed by atoms with van der Waals surface area (Å²) in [4.78, 5) is 32.5. The normalized spacial score (nSPS) is 17.2. The maximum Gasteiger partial charge on any atom is 0.301 e. The summed E-state index contributed by atoms with van der Waals surface area (Å²) in [5, 5.41) is 22.7. The fourth-order valence-electron chi connectivity index (χ4n) is 4.07. The van der Waals surface area contributed by atoms with Crippen LogP contribution in [0.5, 0.6) is 11.5 Å². The number of fused-ring (bicyclic) bond motifs is 1. The van der Waals surface area contributed by atoms with Gasteiger partial charge in [-0.15, -0.1) is 0 Å². The summed E-state index contributed by atoms with van der Waals surface area (Å²) in [6.45, 7) is 2.06. The summed E-state index contributed by atoms with van der Waals surface area (Å²) in [7, 11) is 0. The number of phenols is 1. The van der Waals surface area contributed by atoms with E-state index in [0.29, 0.717) is 33.3 Å². The van der Waals surface area contributed by atoms with Gasteiger partial charge in [0.05, 0.1) is 28.4 Å². The highest BCUT2D eigenvalue weighted by Gasteiger charge is 2.48. The minimum atomic E-state index is -1.03. The molecule has 2 N–H and O–H groups in total. The number of benzene rings is 3. The second kappa shape index (κ2) is 9.46. The number of rotatable bonds is 5. The van der Waals surface area contributed by atoms with Gasteiger partial charge in [0, 0.05) is 15.6 Å². The summed E-state index contributed by atoms with van der Waals surface area (Å²) >= 11 is 13.3. The molecule has 1 aromatic heterocycles. The van der Waals surface area contributed by atoms with Gasteiger partial charge < -0.3 is 14.9 Å². The SMILES string of the molecule is CCOc1cc(C2/C(=C(\O)c3ccc(Cl)cc3)C(=O)C(=O)N2c2nc3ccc(Cl)cc3s2)ccc1O. The molecule has 1 amide bonds. The minimum Gasteiger partial charge on any atom is -0.507 e. The van der Waals surface area contributed by atoms with Gasteiger partial charge in [0.2, 0.25) is 0 Å². The first-order valence-corrected chi connectivity index (χ1v) is 12.4. The fraction of sp³-hybridized carbons (Fsp3) is 0.115. The van der Waals surface area contributed by atoms with Gasteiger partial charge in [0.15, 0.2) is 16.6 Å². The van der Waals surface area contributed by atoms with Gasteiger partial charge in [-0.2, -0.15) is 0 Å². The Morgan fingerprint density at radius 2 is 1.78 bits per heavy atom. The van der Waals surface area contributed by atoms with E-state index in [1.165, 1.54) is 22.3 Å². The molecule has 4 aromatic rings. The molecule has 0 bridgehead atoms. The van der Waals surface area contributed by atoms with Crippen LogP contribution in [0.15, 0.2) is 66.2 Å². The Labute approximate surface area is 219 Å². The fourth-order valence-corrected chi connectivity index (χ4v) is 5.46. The molecule has 0 radical (unpaired) electrons. The van der Waals surface area contributed by atoms with Crippen LogP contribution in [0.3, 0.4) is 0 Å². The van der Waals surface area contributed by atoms with Gasteiger partial charge in [0.25, 0.3) is 5.78 Å². The number of carbonyl (C=O) groups is 2.